The van der Waals surface area contributed by atoms with E-state index in [0.29, 0.717) is 0 Å². The minimum absolute atomic E-state index is 0.000533. The fourth-order valence-corrected chi connectivity index (χ4v) is 2.84. The van der Waals surface area contributed by atoms with Crippen molar-refractivity contribution >= 4 is 23.3 Å². The van der Waals surface area contributed by atoms with E-state index in [1.165, 1.54) is 32.2 Å². The molecule has 1 aliphatic rings. The number of carbonyl (C=O) groups excluding carboxylic acids is 3. The Kier molecular flexibility index (Phi) is 5.08. The van der Waals surface area contributed by atoms with Gasteiger partial charge in [0, 0.05) is 11.6 Å². The number of rotatable bonds is 5. The molecule has 0 bridgehead atoms. The van der Waals surface area contributed by atoms with Gasteiger partial charge in [0.25, 0.3) is 11.8 Å². The minimum Gasteiger partial charge on any atom is -0.490 e. The number of ether oxygens (including phenoxy) is 2. The zero-order chi connectivity index (χ0) is 20.4. The van der Waals surface area contributed by atoms with Gasteiger partial charge >= 0.3 is 5.69 Å². The molecule has 2 amide bonds. The number of imide groups is 1. The average molecular weight is 384 g/mol. The van der Waals surface area contributed by atoms with E-state index < -0.39 is 35.2 Å². The molecule has 0 unspecified atom stereocenters. The largest absolute Gasteiger partial charge is 0.490 e. The van der Waals surface area contributed by atoms with Crippen LogP contribution in [0.2, 0.25) is 0 Å². The van der Waals surface area contributed by atoms with Gasteiger partial charge < -0.3 is 9.47 Å². The van der Waals surface area contributed by atoms with Gasteiger partial charge in [-0.2, -0.15) is 0 Å². The third-order valence-corrected chi connectivity index (χ3v) is 4.28. The second-order valence-corrected chi connectivity index (χ2v) is 6.05. The van der Waals surface area contributed by atoms with Gasteiger partial charge in [-0.25, -0.2) is 0 Å². The van der Waals surface area contributed by atoms with Crippen LogP contribution in [0.25, 0.3) is 0 Å². The maximum atomic E-state index is 12.8. The van der Waals surface area contributed by atoms with Crippen LogP contribution in [0, 0.1) is 10.1 Å². The fraction of sp³-hybridized carbons (Fsp3) is 0.211. The summed E-state index contributed by atoms with van der Waals surface area (Å²) in [6.45, 7) is 0.913. The highest BCUT2D eigenvalue weighted by atomic mass is 16.6. The SMILES string of the molecule is COc1ccc(C(=O)CN2C(=O)c3ccccc3O[C@@H](C)C2=O)cc1[N+](=O)[O-]. The third kappa shape index (κ3) is 3.41. The van der Waals surface area contributed by atoms with Crippen molar-refractivity contribution in [3.63, 3.8) is 0 Å². The molecule has 28 heavy (non-hydrogen) atoms. The fourth-order valence-electron chi connectivity index (χ4n) is 2.84. The van der Waals surface area contributed by atoms with Crippen LogP contribution in [0.5, 0.6) is 11.5 Å². The second-order valence-electron chi connectivity index (χ2n) is 6.05. The monoisotopic (exact) mass is 384 g/mol. The van der Waals surface area contributed by atoms with Gasteiger partial charge in [-0.05, 0) is 31.2 Å². The van der Waals surface area contributed by atoms with Crippen molar-refractivity contribution in [1.29, 1.82) is 0 Å². The number of ketones is 1. The van der Waals surface area contributed by atoms with Crippen molar-refractivity contribution in [2.75, 3.05) is 13.7 Å². The van der Waals surface area contributed by atoms with Crippen LogP contribution in [0.3, 0.4) is 0 Å². The van der Waals surface area contributed by atoms with E-state index >= 15 is 0 Å². The number of nitro groups is 1. The van der Waals surface area contributed by atoms with E-state index in [1.807, 2.05) is 0 Å². The molecule has 1 heterocycles. The van der Waals surface area contributed by atoms with Crippen LogP contribution in [0.1, 0.15) is 27.6 Å². The molecule has 144 valence electrons. The Bertz CT molecular complexity index is 986. The van der Waals surface area contributed by atoms with E-state index in [4.69, 9.17) is 9.47 Å². The van der Waals surface area contributed by atoms with Gasteiger partial charge in [-0.1, -0.05) is 12.1 Å². The van der Waals surface area contributed by atoms with Gasteiger partial charge in [0.15, 0.2) is 17.6 Å². The Labute approximate surface area is 159 Å². The first kappa shape index (κ1) is 19.0. The smallest absolute Gasteiger partial charge is 0.311 e. The summed E-state index contributed by atoms with van der Waals surface area (Å²) < 4.78 is 10.4. The van der Waals surface area contributed by atoms with Gasteiger partial charge in [0.2, 0.25) is 0 Å². The summed E-state index contributed by atoms with van der Waals surface area (Å²) in [7, 11) is 1.28. The molecule has 1 atom stereocenters. The molecule has 0 saturated carbocycles. The molecule has 0 saturated heterocycles. The molecule has 2 aromatic carbocycles. The molecule has 0 aliphatic carbocycles. The molecular weight excluding hydrogens is 368 g/mol. The number of nitro benzene ring substituents is 1. The van der Waals surface area contributed by atoms with Gasteiger partial charge in [0.05, 0.1) is 24.1 Å². The topological polar surface area (TPSA) is 116 Å². The Balaban J connectivity index is 1.93. The number of nitrogens with zero attached hydrogens (tertiary/aromatic N) is 2. The number of carbonyl (C=O) groups is 3. The highest BCUT2D eigenvalue weighted by Gasteiger charge is 2.35. The summed E-state index contributed by atoms with van der Waals surface area (Å²) in [5.74, 6) is -1.71. The number of benzene rings is 2. The van der Waals surface area contributed by atoms with Gasteiger partial charge in [-0.3, -0.25) is 29.4 Å². The van der Waals surface area contributed by atoms with Crippen molar-refractivity contribution in [3.8, 4) is 11.5 Å². The summed E-state index contributed by atoms with van der Waals surface area (Å²) in [4.78, 5) is 49.3. The number of para-hydroxylation sites is 1. The van der Waals surface area contributed by atoms with E-state index in [2.05, 4.69) is 0 Å². The summed E-state index contributed by atoms with van der Waals surface area (Å²) >= 11 is 0. The first-order valence-corrected chi connectivity index (χ1v) is 8.30. The quantitative estimate of drug-likeness (QED) is 0.336. The number of hydrogen-bond acceptors (Lipinski definition) is 7. The highest BCUT2D eigenvalue weighted by Crippen LogP contribution is 2.29. The molecule has 0 aromatic heterocycles. The lowest BCUT2D eigenvalue weighted by atomic mass is 10.1. The average Bonchev–Trinajstić information content (AvgIpc) is 2.78. The van der Waals surface area contributed by atoms with Crippen LogP contribution >= 0.6 is 0 Å². The van der Waals surface area contributed by atoms with E-state index in [0.717, 1.165) is 11.0 Å². The summed E-state index contributed by atoms with van der Waals surface area (Å²) in [6, 6.07) is 10.0. The first-order chi connectivity index (χ1) is 13.3. The van der Waals surface area contributed by atoms with Crippen LogP contribution in [-0.4, -0.2) is 47.2 Å². The number of hydrogen-bond donors (Lipinski definition) is 0. The number of amides is 2. The lowest BCUT2D eigenvalue weighted by molar-refractivity contribution is -0.385. The molecule has 3 rings (SSSR count). The summed E-state index contributed by atoms with van der Waals surface area (Å²) in [6.07, 6.45) is -0.967. The molecule has 9 heteroatoms. The van der Waals surface area contributed by atoms with Crippen molar-refractivity contribution in [2.24, 2.45) is 0 Å². The van der Waals surface area contributed by atoms with Crippen LogP contribution in [0.15, 0.2) is 42.5 Å². The molecular formula is C19H16N2O7. The van der Waals surface area contributed by atoms with Crippen LogP contribution in [-0.2, 0) is 4.79 Å². The number of methoxy groups -OCH3 is 1. The summed E-state index contributed by atoms with van der Waals surface area (Å²) in [5, 5.41) is 11.2. The van der Waals surface area contributed by atoms with Gasteiger partial charge in [0.1, 0.15) is 5.75 Å². The van der Waals surface area contributed by atoms with Crippen LogP contribution < -0.4 is 9.47 Å². The second kappa shape index (κ2) is 7.47. The Morgan fingerprint density at radius 2 is 1.96 bits per heavy atom. The Morgan fingerprint density at radius 1 is 1.25 bits per heavy atom. The predicted octanol–water partition coefficient (Wildman–Crippen LogP) is 2.24. The minimum atomic E-state index is -0.967. The third-order valence-electron chi connectivity index (χ3n) is 4.28. The summed E-state index contributed by atoms with van der Waals surface area (Å²) in [5.41, 5.74) is -0.239. The highest BCUT2D eigenvalue weighted by molar-refractivity contribution is 6.12. The van der Waals surface area contributed by atoms with Crippen molar-refractivity contribution < 1.29 is 28.8 Å². The standard InChI is InChI=1S/C19H16N2O7/c1-11-18(23)20(19(24)13-5-3-4-6-16(13)28-11)10-15(22)12-7-8-17(27-2)14(9-12)21(25)26/h3-9,11H,10H2,1-2H3/t11-/m0/s1. The first-order valence-electron chi connectivity index (χ1n) is 8.30. The van der Waals surface area contributed by atoms with E-state index in [-0.39, 0.29) is 28.3 Å². The van der Waals surface area contributed by atoms with Crippen molar-refractivity contribution in [2.45, 2.75) is 13.0 Å². The normalized spacial score (nSPS) is 16.1. The Hall–Kier alpha value is -3.75. The lowest BCUT2D eigenvalue weighted by Crippen LogP contribution is -2.44. The number of Topliss-reactive ketones (excluding diaryl/α,β-unsaturated/α-hetero) is 1. The lowest BCUT2D eigenvalue weighted by Gasteiger charge is -2.19. The molecule has 2 aromatic rings. The zero-order valence-electron chi connectivity index (χ0n) is 15.1. The molecule has 0 spiro atoms. The number of fused-ring (bicyclic) bond motifs is 1. The van der Waals surface area contributed by atoms with Crippen molar-refractivity contribution in [1.82, 2.24) is 4.90 Å². The van der Waals surface area contributed by atoms with Crippen molar-refractivity contribution in [3.05, 3.63) is 63.7 Å². The molecule has 1 aliphatic heterocycles. The predicted molar refractivity (Wildman–Crippen MR) is 96.6 cm³/mol. The van der Waals surface area contributed by atoms with E-state index in [9.17, 15) is 24.5 Å². The van der Waals surface area contributed by atoms with Crippen LogP contribution in [0.4, 0.5) is 5.69 Å². The molecule has 0 fully saturated rings. The van der Waals surface area contributed by atoms with E-state index in [1.54, 1.807) is 18.2 Å². The Morgan fingerprint density at radius 3 is 2.64 bits per heavy atom. The molecule has 9 nitrogen and oxygen atoms in total. The molecule has 0 N–H and O–H groups in total. The maximum Gasteiger partial charge on any atom is 0.311 e. The molecule has 0 radical (unpaired) electrons. The zero-order valence-corrected chi connectivity index (χ0v) is 15.1. The maximum absolute atomic E-state index is 12.8. The van der Waals surface area contributed by atoms with Gasteiger partial charge in [-0.15, -0.1) is 0 Å².